The van der Waals surface area contributed by atoms with Crippen molar-refractivity contribution < 1.29 is 4.79 Å². The molecular formula is C17H16N4O3S. The van der Waals surface area contributed by atoms with Crippen LogP contribution in [0.4, 0.5) is 0 Å². The predicted molar refractivity (Wildman–Crippen MR) is 95.2 cm³/mol. The maximum absolute atomic E-state index is 12.7. The lowest BCUT2D eigenvalue weighted by atomic mass is 10.2. The van der Waals surface area contributed by atoms with E-state index < -0.39 is 11.2 Å². The summed E-state index contributed by atoms with van der Waals surface area (Å²) >= 11 is 0.971. The first kappa shape index (κ1) is 15.8. The predicted octanol–water partition coefficient (Wildman–Crippen LogP) is 1.43. The molecule has 1 amide bonds. The van der Waals surface area contributed by atoms with Gasteiger partial charge >= 0.3 is 5.69 Å². The van der Waals surface area contributed by atoms with Gasteiger partial charge in [0.05, 0.1) is 12.1 Å². The second kappa shape index (κ2) is 6.29. The Balaban J connectivity index is 1.78. The fourth-order valence-corrected chi connectivity index (χ4v) is 3.86. The number of amides is 1. The summed E-state index contributed by atoms with van der Waals surface area (Å²) in [7, 11) is 0. The Bertz CT molecular complexity index is 1050. The lowest BCUT2D eigenvalue weighted by Crippen LogP contribution is -2.36. The molecule has 3 aromatic rings. The smallest absolute Gasteiger partial charge is 0.329 e. The monoisotopic (exact) mass is 356 g/mol. The Morgan fingerprint density at radius 1 is 1.16 bits per heavy atom. The minimum absolute atomic E-state index is 0.142. The number of benzene rings is 1. The van der Waals surface area contributed by atoms with Crippen LogP contribution in [0.1, 0.15) is 28.1 Å². The van der Waals surface area contributed by atoms with E-state index in [0.29, 0.717) is 18.0 Å². The van der Waals surface area contributed by atoms with Crippen LogP contribution in [-0.2, 0) is 6.54 Å². The van der Waals surface area contributed by atoms with Gasteiger partial charge in [0.25, 0.3) is 11.5 Å². The number of rotatable bonds is 3. The molecule has 1 saturated heterocycles. The topological polar surface area (TPSA) is 88.1 Å². The number of carbonyl (C=O) groups excluding carboxylic acids is 1. The number of likely N-dealkylation sites (tertiary alicyclic amines) is 1. The molecule has 1 fully saturated rings. The van der Waals surface area contributed by atoms with Crippen molar-refractivity contribution in [3.8, 4) is 0 Å². The van der Waals surface area contributed by atoms with Gasteiger partial charge in [-0.25, -0.2) is 4.79 Å². The van der Waals surface area contributed by atoms with Gasteiger partial charge in [-0.2, -0.15) is 4.37 Å². The fraction of sp³-hybridized carbons (Fsp3) is 0.294. The highest BCUT2D eigenvalue weighted by Crippen LogP contribution is 2.21. The van der Waals surface area contributed by atoms with Crippen LogP contribution in [0.5, 0.6) is 0 Å². The number of carbonyl (C=O) groups is 1. The van der Waals surface area contributed by atoms with Crippen LogP contribution < -0.4 is 11.2 Å². The van der Waals surface area contributed by atoms with Gasteiger partial charge in [-0.05, 0) is 29.9 Å². The first-order valence-electron chi connectivity index (χ1n) is 8.11. The number of aromatic amines is 1. The largest absolute Gasteiger partial charge is 0.338 e. The zero-order valence-corrected chi connectivity index (χ0v) is 14.2. The summed E-state index contributed by atoms with van der Waals surface area (Å²) < 4.78 is 5.26. The summed E-state index contributed by atoms with van der Waals surface area (Å²) in [4.78, 5) is 42.4. The minimum atomic E-state index is -0.531. The molecule has 1 aliphatic heterocycles. The van der Waals surface area contributed by atoms with Crippen LogP contribution in [0.2, 0.25) is 0 Å². The number of aromatic nitrogens is 3. The van der Waals surface area contributed by atoms with Crippen LogP contribution in [0.3, 0.4) is 0 Å². The second-order valence-corrected chi connectivity index (χ2v) is 6.82. The number of H-pyrrole nitrogens is 1. The molecule has 0 unspecified atom stereocenters. The van der Waals surface area contributed by atoms with Gasteiger partial charge < -0.3 is 9.88 Å². The van der Waals surface area contributed by atoms with Crippen LogP contribution in [0.25, 0.3) is 11.0 Å². The molecular weight excluding hydrogens is 340 g/mol. The molecule has 128 valence electrons. The molecule has 4 rings (SSSR count). The van der Waals surface area contributed by atoms with E-state index in [1.54, 1.807) is 4.90 Å². The summed E-state index contributed by atoms with van der Waals surface area (Å²) in [5.74, 6) is -0.166. The van der Waals surface area contributed by atoms with Gasteiger partial charge in [0.2, 0.25) is 0 Å². The van der Waals surface area contributed by atoms with Crippen LogP contribution in [-0.4, -0.2) is 37.8 Å². The lowest BCUT2D eigenvalue weighted by molar-refractivity contribution is 0.0799. The number of fused-ring (bicyclic) bond motifs is 1. The van der Waals surface area contributed by atoms with Gasteiger partial charge in [-0.15, -0.1) is 0 Å². The molecule has 7 nitrogen and oxygen atoms in total. The van der Waals surface area contributed by atoms with E-state index in [1.807, 2.05) is 30.3 Å². The highest BCUT2D eigenvalue weighted by atomic mass is 32.1. The normalized spacial score (nSPS) is 14.3. The first-order chi connectivity index (χ1) is 12.1. The Morgan fingerprint density at radius 3 is 2.60 bits per heavy atom. The molecule has 0 spiro atoms. The number of nitrogens with zero attached hydrogens (tertiary/aromatic N) is 3. The molecule has 3 heterocycles. The summed E-state index contributed by atoms with van der Waals surface area (Å²) in [6.45, 7) is 1.57. The van der Waals surface area contributed by atoms with Gasteiger partial charge in [0.15, 0.2) is 5.52 Å². The molecule has 25 heavy (non-hydrogen) atoms. The van der Waals surface area contributed by atoms with E-state index in [2.05, 4.69) is 9.36 Å². The van der Waals surface area contributed by atoms with E-state index in [-0.39, 0.29) is 23.5 Å². The van der Waals surface area contributed by atoms with Gasteiger partial charge in [-0.1, -0.05) is 30.3 Å². The van der Waals surface area contributed by atoms with E-state index in [0.717, 1.165) is 34.5 Å². The zero-order valence-electron chi connectivity index (χ0n) is 13.4. The van der Waals surface area contributed by atoms with Crippen molar-refractivity contribution in [2.45, 2.75) is 19.4 Å². The number of nitrogens with one attached hydrogen (secondary N) is 1. The molecule has 2 aromatic heterocycles. The van der Waals surface area contributed by atoms with Crippen molar-refractivity contribution in [3.63, 3.8) is 0 Å². The second-order valence-electron chi connectivity index (χ2n) is 6.04. The van der Waals surface area contributed by atoms with Crippen LogP contribution in [0.15, 0.2) is 39.9 Å². The molecule has 0 atom stereocenters. The standard InChI is InChI=1S/C17H16N4O3S/c22-15-13-12(14(25-19-13)16(23)20-8-4-5-9-20)18-17(24)21(15)10-11-6-2-1-3-7-11/h1-3,6-7H,4-5,8-10H2,(H,18,24). The quantitative estimate of drug-likeness (QED) is 0.769. The molecule has 1 aliphatic rings. The molecule has 0 bridgehead atoms. The van der Waals surface area contributed by atoms with Gasteiger partial charge in [0.1, 0.15) is 4.88 Å². The van der Waals surface area contributed by atoms with Crippen molar-refractivity contribution in [1.29, 1.82) is 0 Å². The summed E-state index contributed by atoms with van der Waals surface area (Å²) in [5, 5.41) is 0. The third-order valence-corrected chi connectivity index (χ3v) is 5.22. The van der Waals surface area contributed by atoms with Crippen molar-refractivity contribution in [1.82, 2.24) is 18.8 Å². The summed E-state index contributed by atoms with van der Waals surface area (Å²) in [5.41, 5.74) is 0.235. The summed E-state index contributed by atoms with van der Waals surface area (Å²) in [6.07, 6.45) is 1.95. The van der Waals surface area contributed by atoms with E-state index in [4.69, 9.17) is 0 Å². The van der Waals surface area contributed by atoms with Crippen LogP contribution in [0, 0.1) is 0 Å². The first-order valence-corrected chi connectivity index (χ1v) is 8.88. The number of hydrogen-bond donors (Lipinski definition) is 1. The summed E-state index contributed by atoms with van der Waals surface area (Å²) in [6, 6.07) is 9.26. The average Bonchev–Trinajstić information content (AvgIpc) is 3.29. The Morgan fingerprint density at radius 2 is 1.88 bits per heavy atom. The van der Waals surface area contributed by atoms with E-state index in [9.17, 15) is 14.4 Å². The maximum Gasteiger partial charge on any atom is 0.329 e. The highest BCUT2D eigenvalue weighted by molar-refractivity contribution is 7.09. The van der Waals surface area contributed by atoms with E-state index >= 15 is 0 Å². The van der Waals surface area contributed by atoms with Crippen molar-refractivity contribution in [2.75, 3.05) is 13.1 Å². The van der Waals surface area contributed by atoms with Gasteiger partial charge in [-0.3, -0.25) is 14.2 Å². The molecule has 1 aromatic carbocycles. The number of hydrogen-bond acceptors (Lipinski definition) is 5. The van der Waals surface area contributed by atoms with E-state index in [1.165, 1.54) is 0 Å². The Hall–Kier alpha value is -2.74. The molecule has 0 radical (unpaired) electrons. The van der Waals surface area contributed by atoms with Crippen LogP contribution >= 0.6 is 11.5 Å². The Kier molecular flexibility index (Phi) is 3.96. The third kappa shape index (κ3) is 2.78. The van der Waals surface area contributed by atoms with Gasteiger partial charge in [0, 0.05) is 13.1 Å². The Labute approximate surface area is 146 Å². The molecule has 8 heteroatoms. The fourth-order valence-electron chi connectivity index (χ4n) is 3.07. The zero-order chi connectivity index (χ0) is 17.4. The molecule has 1 N–H and O–H groups in total. The van der Waals surface area contributed by atoms with Crippen molar-refractivity contribution in [2.24, 2.45) is 0 Å². The lowest BCUT2D eigenvalue weighted by Gasteiger charge is -2.13. The SMILES string of the molecule is O=C(c1snc2c(=O)n(Cc3ccccc3)c(=O)[nH]c12)N1CCCC1. The maximum atomic E-state index is 12.7. The molecule has 0 saturated carbocycles. The minimum Gasteiger partial charge on any atom is -0.338 e. The third-order valence-electron chi connectivity index (χ3n) is 4.39. The van der Waals surface area contributed by atoms with Crippen molar-refractivity contribution >= 4 is 28.5 Å². The van der Waals surface area contributed by atoms with Crippen molar-refractivity contribution in [3.05, 3.63) is 61.6 Å². The highest BCUT2D eigenvalue weighted by Gasteiger charge is 2.25. The average molecular weight is 356 g/mol. The molecule has 0 aliphatic carbocycles.